The third kappa shape index (κ3) is 4.56. The molecule has 2 aliphatic rings. The topological polar surface area (TPSA) is 62.5 Å². The van der Waals surface area contributed by atoms with E-state index in [-0.39, 0.29) is 28.3 Å². The highest BCUT2D eigenvalue weighted by Gasteiger charge is 2.40. The molecule has 0 bridgehead atoms. The monoisotopic (exact) mass is 557 g/mol. The Morgan fingerprint density at radius 1 is 0.833 bits per heavy atom. The lowest BCUT2D eigenvalue weighted by Crippen LogP contribution is -2.25. The van der Waals surface area contributed by atoms with Gasteiger partial charge in [0.05, 0.1) is 16.9 Å². The second kappa shape index (κ2) is 10.6. The maximum atomic E-state index is 15.4. The summed E-state index contributed by atoms with van der Waals surface area (Å²) in [6, 6.07) is 29.0. The van der Waals surface area contributed by atoms with Crippen molar-refractivity contribution >= 4 is 23.0 Å². The molecular formula is C34H25F2N5O. The molecule has 0 saturated carbocycles. The summed E-state index contributed by atoms with van der Waals surface area (Å²) in [6.07, 6.45) is 5.67. The maximum absolute atomic E-state index is 15.4. The van der Waals surface area contributed by atoms with E-state index in [1.807, 2.05) is 91.1 Å². The molecule has 1 N–H and O–H groups in total. The quantitative estimate of drug-likeness (QED) is 0.240. The predicted octanol–water partition coefficient (Wildman–Crippen LogP) is 6.78. The number of carbonyl (C=O) groups excluding carboxylic acids is 1. The van der Waals surface area contributed by atoms with Crippen molar-refractivity contribution in [2.24, 2.45) is 5.10 Å². The molecule has 1 unspecified atom stereocenters. The number of allylic oxidation sites excluding steroid dienone is 1. The van der Waals surface area contributed by atoms with Crippen LogP contribution in [0.5, 0.6) is 0 Å². The number of nitrogens with zero attached hydrogens (tertiary/aromatic N) is 4. The van der Waals surface area contributed by atoms with Crippen LogP contribution in [0.25, 0.3) is 5.69 Å². The Balaban J connectivity index is 1.24. The first-order valence-corrected chi connectivity index (χ1v) is 13.7. The van der Waals surface area contributed by atoms with Gasteiger partial charge in [0.1, 0.15) is 17.3 Å². The smallest absolute Gasteiger partial charge is 0.280 e. The van der Waals surface area contributed by atoms with Gasteiger partial charge in [-0.05, 0) is 66.1 Å². The van der Waals surface area contributed by atoms with Crippen LogP contribution in [0.4, 0.5) is 20.2 Å². The second-order valence-corrected chi connectivity index (χ2v) is 10.2. The van der Waals surface area contributed by atoms with Crippen molar-refractivity contribution in [1.29, 1.82) is 0 Å². The summed E-state index contributed by atoms with van der Waals surface area (Å²) < 4.78 is 32.6. The molecule has 42 heavy (non-hydrogen) atoms. The zero-order valence-electron chi connectivity index (χ0n) is 22.4. The fraction of sp³-hybridized carbons (Fsp3) is 0.0882. The van der Waals surface area contributed by atoms with Crippen LogP contribution < -0.4 is 10.3 Å². The zero-order chi connectivity index (χ0) is 28.6. The average Bonchev–Trinajstić information content (AvgIpc) is 3.67. The summed E-state index contributed by atoms with van der Waals surface area (Å²) >= 11 is 0. The highest BCUT2D eigenvalue weighted by molar-refractivity contribution is 6.36. The van der Waals surface area contributed by atoms with Crippen LogP contribution in [0.15, 0.2) is 126 Å². The number of hydrogen-bond donors (Lipinski definition) is 1. The minimum atomic E-state index is -0.608. The molecule has 1 aliphatic heterocycles. The van der Waals surface area contributed by atoms with E-state index in [1.165, 1.54) is 5.01 Å². The Bertz CT molecular complexity index is 1850. The molecule has 0 spiro atoms. The van der Waals surface area contributed by atoms with Gasteiger partial charge in [0.2, 0.25) is 0 Å². The SMILES string of the molecule is O=C1C2=CC(Cc3ccc(-n4cccn4)cc3)c3c(F)ccc(F)c3C2=NN1c1ccccc1CNc1ccccc1. The van der Waals surface area contributed by atoms with Gasteiger partial charge in [-0.25, -0.2) is 13.5 Å². The molecule has 1 aromatic heterocycles. The van der Waals surface area contributed by atoms with E-state index in [1.54, 1.807) is 17.0 Å². The molecule has 0 fully saturated rings. The summed E-state index contributed by atoms with van der Waals surface area (Å²) in [5, 5.41) is 13.5. The molecule has 7 rings (SSSR count). The first-order valence-electron chi connectivity index (χ1n) is 13.7. The van der Waals surface area contributed by atoms with Crippen LogP contribution in [0, 0.1) is 11.6 Å². The normalized spacial score (nSPS) is 15.6. The Morgan fingerprint density at radius 3 is 2.38 bits per heavy atom. The van der Waals surface area contributed by atoms with Gasteiger partial charge < -0.3 is 5.32 Å². The summed E-state index contributed by atoms with van der Waals surface area (Å²) in [6.45, 7) is 0.449. The van der Waals surface area contributed by atoms with Crippen LogP contribution in [0.2, 0.25) is 0 Å². The molecule has 1 aliphatic carbocycles. The molecule has 1 atom stereocenters. The number of rotatable bonds is 7. The average molecular weight is 558 g/mol. The highest BCUT2D eigenvalue weighted by Crippen LogP contribution is 2.40. The first kappa shape index (κ1) is 25.6. The van der Waals surface area contributed by atoms with Gasteiger partial charge in [0, 0.05) is 41.7 Å². The summed E-state index contributed by atoms with van der Waals surface area (Å²) in [5.41, 5.74) is 4.85. The predicted molar refractivity (Wildman–Crippen MR) is 159 cm³/mol. The van der Waals surface area contributed by atoms with Gasteiger partial charge in [-0.15, -0.1) is 0 Å². The van der Waals surface area contributed by atoms with E-state index >= 15 is 8.78 Å². The van der Waals surface area contributed by atoms with Crippen LogP contribution in [-0.2, 0) is 17.8 Å². The number of para-hydroxylation sites is 2. The van der Waals surface area contributed by atoms with Gasteiger partial charge in [0.15, 0.2) is 0 Å². The standard InChI is InChI=1S/C34H25F2N5O/c35-28-15-16-29(36)32-31(28)24(19-22-11-13-26(14-12-22)40-18-6-17-38-40)20-27-33(32)39-41(34(27)42)30-10-5-4-7-23(30)21-37-25-8-2-1-3-9-25/h1-18,20,24,37H,19,21H2. The minimum Gasteiger partial charge on any atom is -0.381 e. The molecule has 5 aromatic rings. The van der Waals surface area contributed by atoms with Gasteiger partial charge in [-0.1, -0.05) is 54.6 Å². The number of nitrogens with one attached hydrogen (secondary N) is 1. The Hall–Kier alpha value is -5.37. The lowest BCUT2D eigenvalue weighted by molar-refractivity contribution is -0.114. The number of halogens is 2. The molecule has 2 heterocycles. The Labute approximate surface area is 241 Å². The van der Waals surface area contributed by atoms with Crippen LogP contribution >= 0.6 is 0 Å². The van der Waals surface area contributed by atoms with Crippen LogP contribution in [0.3, 0.4) is 0 Å². The zero-order valence-corrected chi connectivity index (χ0v) is 22.4. The number of benzene rings is 4. The second-order valence-electron chi connectivity index (χ2n) is 10.2. The third-order valence-corrected chi connectivity index (χ3v) is 7.63. The first-order chi connectivity index (χ1) is 20.6. The number of carbonyl (C=O) groups is 1. The van der Waals surface area contributed by atoms with Gasteiger partial charge in [0.25, 0.3) is 5.91 Å². The maximum Gasteiger partial charge on any atom is 0.280 e. The number of fused-ring (bicyclic) bond motifs is 3. The highest BCUT2D eigenvalue weighted by atomic mass is 19.1. The molecule has 0 saturated heterocycles. The van der Waals surface area contributed by atoms with Gasteiger partial charge >= 0.3 is 0 Å². The van der Waals surface area contributed by atoms with Crippen molar-refractivity contribution in [3.63, 3.8) is 0 Å². The number of hydrogen-bond acceptors (Lipinski definition) is 4. The van der Waals surface area contributed by atoms with E-state index in [9.17, 15) is 4.79 Å². The van der Waals surface area contributed by atoms with Gasteiger partial charge in [-0.2, -0.15) is 15.2 Å². The van der Waals surface area contributed by atoms with Crippen LogP contribution in [-0.4, -0.2) is 21.4 Å². The van der Waals surface area contributed by atoms with Crippen LogP contribution in [0.1, 0.15) is 28.2 Å². The van der Waals surface area contributed by atoms with Crippen molar-refractivity contribution in [1.82, 2.24) is 9.78 Å². The lowest BCUT2D eigenvalue weighted by atomic mass is 9.79. The Morgan fingerprint density at radius 2 is 1.60 bits per heavy atom. The van der Waals surface area contributed by atoms with E-state index in [0.717, 1.165) is 34.6 Å². The third-order valence-electron chi connectivity index (χ3n) is 7.63. The van der Waals surface area contributed by atoms with Gasteiger partial charge in [-0.3, -0.25) is 4.79 Å². The van der Waals surface area contributed by atoms with Crippen molar-refractivity contribution < 1.29 is 13.6 Å². The lowest BCUT2D eigenvalue weighted by Gasteiger charge is -2.24. The minimum absolute atomic E-state index is 0.0430. The number of hydrazone groups is 1. The molecule has 0 radical (unpaired) electrons. The van der Waals surface area contributed by atoms with Crippen molar-refractivity contribution in [2.75, 3.05) is 10.3 Å². The number of anilines is 2. The molecule has 1 amide bonds. The van der Waals surface area contributed by atoms with E-state index in [2.05, 4.69) is 15.5 Å². The summed E-state index contributed by atoms with van der Waals surface area (Å²) in [5.74, 6) is -2.06. The van der Waals surface area contributed by atoms with Crippen molar-refractivity contribution in [3.05, 3.63) is 155 Å². The molecular weight excluding hydrogens is 532 g/mol. The molecule has 4 aromatic carbocycles. The largest absolute Gasteiger partial charge is 0.381 e. The number of aromatic nitrogens is 2. The summed E-state index contributed by atoms with van der Waals surface area (Å²) in [7, 11) is 0. The molecule has 206 valence electrons. The molecule has 8 heteroatoms. The fourth-order valence-electron chi connectivity index (χ4n) is 5.61. The summed E-state index contributed by atoms with van der Waals surface area (Å²) in [4.78, 5) is 13.8. The van der Waals surface area contributed by atoms with Crippen molar-refractivity contribution in [3.8, 4) is 5.69 Å². The number of amides is 1. The van der Waals surface area contributed by atoms with E-state index in [4.69, 9.17) is 0 Å². The molecule has 6 nitrogen and oxygen atoms in total. The van der Waals surface area contributed by atoms with E-state index < -0.39 is 17.6 Å². The van der Waals surface area contributed by atoms with E-state index in [0.29, 0.717) is 18.7 Å². The van der Waals surface area contributed by atoms with Crippen molar-refractivity contribution in [2.45, 2.75) is 18.9 Å². The Kier molecular flexibility index (Phi) is 6.43. The fourth-order valence-corrected chi connectivity index (χ4v) is 5.61.